The molecule has 104 valence electrons. The fraction of sp³-hybridized carbons (Fsp3) is 0.929. The van der Waals surface area contributed by atoms with Crippen LogP contribution in [0.3, 0.4) is 0 Å². The third-order valence-corrected chi connectivity index (χ3v) is 4.95. The topological polar surface area (TPSA) is 32.3 Å². The number of carbonyl (C=O) groups excluding carboxylic acids is 1. The second-order valence-electron chi connectivity index (χ2n) is 5.58. The highest BCUT2D eigenvalue weighted by atomic mass is 32.2. The number of nitrogens with zero attached hydrogens (tertiary/aromatic N) is 1. The molecule has 1 spiro atoms. The van der Waals surface area contributed by atoms with Gasteiger partial charge in [-0.15, -0.1) is 0 Å². The highest BCUT2D eigenvalue weighted by molar-refractivity contribution is 7.98. The summed E-state index contributed by atoms with van der Waals surface area (Å²) in [7, 11) is 0. The van der Waals surface area contributed by atoms with Gasteiger partial charge in [-0.3, -0.25) is 10.1 Å². The summed E-state index contributed by atoms with van der Waals surface area (Å²) in [5, 5.41) is 3.66. The monoisotopic (exact) mass is 270 g/mol. The van der Waals surface area contributed by atoms with Crippen LogP contribution < -0.4 is 5.32 Å². The minimum Gasteiger partial charge on any atom is -0.326 e. The molecule has 0 aromatic heterocycles. The average Bonchev–Trinajstić information content (AvgIpc) is 2.92. The molecule has 4 heteroatoms. The largest absolute Gasteiger partial charge is 0.326 e. The Balaban J connectivity index is 2.01. The van der Waals surface area contributed by atoms with Gasteiger partial charge in [0.1, 0.15) is 0 Å². The van der Waals surface area contributed by atoms with Crippen molar-refractivity contribution in [1.29, 1.82) is 0 Å². The molecule has 0 bridgehead atoms. The van der Waals surface area contributed by atoms with Crippen molar-refractivity contribution < 1.29 is 4.79 Å². The zero-order valence-electron chi connectivity index (χ0n) is 11.7. The number of hydrogen-bond donors (Lipinski definition) is 1. The van der Waals surface area contributed by atoms with Crippen LogP contribution in [0.25, 0.3) is 0 Å². The van der Waals surface area contributed by atoms with E-state index in [0.29, 0.717) is 12.1 Å². The highest BCUT2D eigenvalue weighted by Crippen LogP contribution is 2.37. The molecule has 18 heavy (non-hydrogen) atoms. The van der Waals surface area contributed by atoms with Crippen LogP contribution in [0.1, 0.15) is 51.9 Å². The summed E-state index contributed by atoms with van der Waals surface area (Å²) in [5.41, 5.74) is -0.181. The van der Waals surface area contributed by atoms with E-state index in [0.717, 1.165) is 44.4 Å². The van der Waals surface area contributed by atoms with Crippen LogP contribution >= 0.6 is 11.8 Å². The molecule has 0 radical (unpaired) electrons. The molecule has 1 amide bonds. The van der Waals surface area contributed by atoms with E-state index in [9.17, 15) is 4.79 Å². The van der Waals surface area contributed by atoms with Gasteiger partial charge in [0.25, 0.3) is 0 Å². The Morgan fingerprint density at radius 3 is 2.78 bits per heavy atom. The summed E-state index contributed by atoms with van der Waals surface area (Å²) in [6.07, 6.45) is 10.3. The van der Waals surface area contributed by atoms with E-state index in [4.69, 9.17) is 0 Å². The number of thioether (sulfide) groups is 1. The molecule has 1 atom stereocenters. The lowest BCUT2D eigenvalue weighted by atomic mass is 9.98. The van der Waals surface area contributed by atoms with Crippen LogP contribution in [-0.4, -0.2) is 41.1 Å². The first-order valence-corrected chi connectivity index (χ1v) is 8.70. The zero-order valence-corrected chi connectivity index (χ0v) is 12.5. The van der Waals surface area contributed by atoms with E-state index in [1.807, 2.05) is 11.8 Å². The SMILES string of the molecule is CCCC1NC2(CCCC2)C(=O)N1CCCSC. The minimum absolute atomic E-state index is 0.181. The zero-order chi connectivity index (χ0) is 13.0. The molecular weight excluding hydrogens is 244 g/mol. The van der Waals surface area contributed by atoms with E-state index in [1.165, 1.54) is 12.8 Å². The molecule has 1 aliphatic heterocycles. The van der Waals surface area contributed by atoms with E-state index >= 15 is 0 Å². The van der Waals surface area contributed by atoms with E-state index in [1.54, 1.807) is 0 Å². The molecular formula is C14H26N2OS. The maximum absolute atomic E-state index is 12.7. The second-order valence-corrected chi connectivity index (χ2v) is 6.57. The van der Waals surface area contributed by atoms with Crippen molar-refractivity contribution in [3.8, 4) is 0 Å². The Kier molecular flexibility index (Phi) is 4.96. The summed E-state index contributed by atoms with van der Waals surface area (Å²) in [5.74, 6) is 1.54. The summed E-state index contributed by atoms with van der Waals surface area (Å²) < 4.78 is 0. The van der Waals surface area contributed by atoms with Crippen molar-refractivity contribution >= 4 is 17.7 Å². The van der Waals surface area contributed by atoms with Crippen LogP contribution in [0.2, 0.25) is 0 Å². The first kappa shape index (κ1) is 14.2. The molecule has 2 rings (SSSR count). The van der Waals surface area contributed by atoms with E-state index in [-0.39, 0.29) is 5.54 Å². The summed E-state index contributed by atoms with van der Waals surface area (Å²) in [4.78, 5) is 14.8. The van der Waals surface area contributed by atoms with Gasteiger partial charge in [0, 0.05) is 6.54 Å². The fourth-order valence-electron chi connectivity index (χ4n) is 3.35. The predicted molar refractivity (Wildman–Crippen MR) is 77.7 cm³/mol. The van der Waals surface area contributed by atoms with Crippen molar-refractivity contribution in [1.82, 2.24) is 10.2 Å². The lowest BCUT2D eigenvalue weighted by Gasteiger charge is -2.23. The van der Waals surface area contributed by atoms with Gasteiger partial charge < -0.3 is 4.90 Å². The molecule has 0 aromatic carbocycles. The van der Waals surface area contributed by atoms with Crippen LogP contribution in [0, 0.1) is 0 Å². The molecule has 3 nitrogen and oxygen atoms in total. The van der Waals surface area contributed by atoms with Gasteiger partial charge in [0.2, 0.25) is 5.91 Å². The number of carbonyl (C=O) groups is 1. The summed E-state index contributed by atoms with van der Waals surface area (Å²) >= 11 is 1.87. The summed E-state index contributed by atoms with van der Waals surface area (Å²) in [6, 6.07) is 0. The minimum atomic E-state index is -0.181. The lowest BCUT2D eigenvalue weighted by Crippen LogP contribution is -2.44. The number of amides is 1. The van der Waals surface area contributed by atoms with Gasteiger partial charge in [0.15, 0.2) is 0 Å². The van der Waals surface area contributed by atoms with Gasteiger partial charge in [-0.1, -0.05) is 26.2 Å². The Bertz CT molecular complexity index is 290. The molecule has 1 aliphatic carbocycles. The molecule has 1 saturated heterocycles. The summed E-state index contributed by atoms with van der Waals surface area (Å²) in [6.45, 7) is 3.13. The Morgan fingerprint density at radius 2 is 2.17 bits per heavy atom. The Hall–Kier alpha value is -0.220. The molecule has 2 aliphatic rings. The van der Waals surface area contributed by atoms with Crippen LogP contribution in [0.15, 0.2) is 0 Å². The standard InChI is InChI=1S/C14H26N2OS/c1-3-7-12-15-14(8-4-5-9-14)13(17)16(12)10-6-11-18-2/h12,15H,3-11H2,1-2H3. The van der Waals surface area contributed by atoms with Gasteiger partial charge >= 0.3 is 0 Å². The number of nitrogens with one attached hydrogen (secondary N) is 1. The van der Waals surface area contributed by atoms with E-state index in [2.05, 4.69) is 23.4 Å². The molecule has 1 N–H and O–H groups in total. The number of hydrogen-bond acceptors (Lipinski definition) is 3. The lowest BCUT2D eigenvalue weighted by molar-refractivity contribution is -0.133. The number of rotatable bonds is 6. The fourth-order valence-corrected chi connectivity index (χ4v) is 3.77. The molecule has 0 aromatic rings. The van der Waals surface area contributed by atoms with E-state index < -0.39 is 0 Å². The second kappa shape index (κ2) is 6.29. The van der Waals surface area contributed by atoms with Crippen LogP contribution in [-0.2, 0) is 4.79 Å². The quantitative estimate of drug-likeness (QED) is 0.753. The first-order valence-electron chi connectivity index (χ1n) is 7.31. The Morgan fingerprint density at radius 1 is 1.44 bits per heavy atom. The van der Waals surface area contributed by atoms with Crippen molar-refractivity contribution in [3.63, 3.8) is 0 Å². The third kappa shape index (κ3) is 2.69. The van der Waals surface area contributed by atoms with Crippen molar-refractivity contribution in [2.45, 2.75) is 63.6 Å². The van der Waals surface area contributed by atoms with Crippen molar-refractivity contribution in [3.05, 3.63) is 0 Å². The third-order valence-electron chi connectivity index (χ3n) is 4.26. The van der Waals surface area contributed by atoms with Crippen LogP contribution in [0.5, 0.6) is 0 Å². The van der Waals surface area contributed by atoms with Gasteiger partial charge in [0.05, 0.1) is 11.7 Å². The highest BCUT2D eigenvalue weighted by Gasteiger charge is 2.51. The normalized spacial score (nSPS) is 26.4. The van der Waals surface area contributed by atoms with Crippen molar-refractivity contribution in [2.75, 3.05) is 18.6 Å². The van der Waals surface area contributed by atoms with Gasteiger partial charge in [-0.2, -0.15) is 11.8 Å². The van der Waals surface area contributed by atoms with Crippen LogP contribution in [0.4, 0.5) is 0 Å². The average molecular weight is 270 g/mol. The smallest absolute Gasteiger partial charge is 0.244 e. The van der Waals surface area contributed by atoms with Gasteiger partial charge in [-0.05, 0) is 37.7 Å². The Labute approximate surface area is 115 Å². The molecule has 2 fully saturated rings. The first-order chi connectivity index (χ1) is 8.73. The maximum atomic E-state index is 12.7. The molecule has 1 heterocycles. The van der Waals surface area contributed by atoms with Gasteiger partial charge in [-0.25, -0.2) is 0 Å². The maximum Gasteiger partial charge on any atom is 0.244 e. The molecule has 1 saturated carbocycles. The van der Waals surface area contributed by atoms with Crippen molar-refractivity contribution in [2.24, 2.45) is 0 Å². The predicted octanol–water partition coefficient (Wildman–Crippen LogP) is 2.61. The molecule has 1 unspecified atom stereocenters.